The third kappa shape index (κ3) is 2.02. The van der Waals surface area contributed by atoms with Crippen molar-refractivity contribution in [3.8, 4) is 0 Å². The summed E-state index contributed by atoms with van der Waals surface area (Å²) in [5.41, 5.74) is 1.15. The highest BCUT2D eigenvalue weighted by atomic mass is 16.3. The van der Waals surface area contributed by atoms with Crippen molar-refractivity contribution in [1.29, 1.82) is 0 Å². The van der Waals surface area contributed by atoms with Crippen molar-refractivity contribution in [1.82, 2.24) is 4.90 Å². The average Bonchev–Trinajstić information content (AvgIpc) is 2.77. The predicted octanol–water partition coefficient (Wildman–Crippen LogP) is 2.34. The Hall–Kier alpha value is -1.81. The topological polar surface area (TPSA) is 53.7 Å². The van der Waals surface area contributed by atoms with Gasteiger partial charge in [-0.05, 0) is 31.5 Å². The molecule has 0 saturated carbocycles. The van der Waals surface area contributed by atoms with E-state index in [1.807, 2.05) is 32.0 Å². The number of hydrogen-bond acceptors (Lipinski definition) is 3. The zero-order valence-corrected chi connectivity index (χ0v) is 11.1. The molecule has 4 nitrogen and oxygen atoms in total. The van der Waals surface area contributed by atoms with Crippen LogP contribution in [0.1, 0.15) is 29.5 Å². The van der Waals surface area contributed by atoms with Crippen LogP contribution in [-0.2, 0) is 0 Å². The number of hydrogen-bond donors (Lipinski definition) is 1. The first-order chi connectivity index (χ1) is 9.00. The summed E-state index contributed by atoms with van der Waals surface area (Å²) in [6.07, 6.45) is 0.663. The van der Waals surface area contributed by atoms with E-state index in [2.05, 4.69) is 0 Å². The molecule has 1 aliphatic heterocycles. The summed E-state index contributed by atoms with van der Waals surface area (Å²) >= 11 is 0. The molecule has 0 atom stereocenters. The van der Waals surface area contributed by atoms with Gasteiger partial charge < -0.3 is 14.4 Å². The number of rotatable bonds is 2. The molecule has 19 heavy (non-hydrogen) atoms. The maximum atomic E-state index is 12.2. The Balaban J connectivity index is 1.83. The molecule has 1 aromatic heterocycles. The summed E-state index contributed by atoms with van der Waals surface area (Å²) in [5.74, 6) is 0.200. The molecule has 2 heterocycles. The van der Waals surface area contributed by atoms with Crippen molar-refractivity contribution in [2.45, 2.75) is 25.9 Å². The molecule has 3 rings (SSSR count). The van der Waals surface area contributed by atoms with Crippen molar-refractivity contribution in [3.05, 3.63) is 35.6 Å². The summed E-state index contributed by atoms with van der Waals surface area (Å²) in [6.45, 7) is 4.70. The Bertz CT molecular complexity index is 638. The van der Waals surface area contributed by atoms with Crippen molar-refractivity contribution in [2.75, 3.05) is 13.1 Å². The first kappa shape index (κ1) is 12.2. The van der Waals surface area contributed by atoms with Gasteiger partial charge in [-0.3, -0.25) is 4.79 Å². The minimum Gasteiger partial charge on any atom is -0.451 e. The van der Waals surface area contributed by atoms with E-state index in [4.69, 9.17) is 4.42 Å². The van der Waals surface area contributed by atoms with Crippen LogP contribution in [0.5, 0.6) is 0 Å². The maximum absolute atomic E-state index is 12.2. The minimum absolute atomic E-state index is 0.146. The van der Waals surface area contributed by atoms with Gasteiger partial charge in [-0.25, -0.2) is 0 Å². The summed E-state index contributed by atoms with van der Waals surface area (Å²) in [5, 5.41) is 10.9. The van der Waals surface area contributed by atoms with Gasteiger partial charge in [-0.1, -0.05) is 18.6 Å². The second kappa shape index (κ2) is 4.10. The molecule has 1 fully saturated rings. The van der Waals surface area contributed by atoms with E-state index in [0.29, 0.717) is 25.3 Å². The third-order valence-electron chi connectivity index (χ3n) is 3.80. The lowest BCUT2D eigenvalue weighted by molar-refractivity contribution is -0.0834. The van der Waals surface area contributed by atoms with Crippen molar-refractivity contribution in [2.24, 2.45) is 0 Å². The van der Waals surface area contributed by atoms with Gasteiger partial charge in [0.25, 0.3) is 5.91 Å². The molecule has 100 valence electrons. The molecule has 0 unspecified atom stereocenters. The van der Waals surface area contributed by atoms with E-state index in [0.717, 1.165) is 16.5 Å². The number of fused-ring (bicyclic) bond motifs is 1. The van der Waals surface area contributed by atoms with Crippen molar-refractivity contribution in [3.63, 3.8) is 0 Å². The zero-order chi connectivity index (χ0) is 13.6. The summed E-state index contributed by atoms with van der Waals surface area (Å²) in [4.78, 5) is 13.8. The normalized spacial score (nSPS) is 17.5. The fraction of sp³-hybridized carbons (Fsp3) is 0.400. The number of aliphatic hydroxyl groups is 1. The first-order valence-electron chi connectivity index (χ1n) is 6.53. The van der Waals surface area contributed by atoms with Crippen LogP contribution in [-0.4, -0.2) is 34.6 Å². The van der Waals surface area contributed by atoms with Gasteiger partial charge in [0.1, 0.15) is 5.58 Å². The van der Waals surface area contributed by atoms with Crippen molar-refractivity contribution < 1.29 is 14.3 Å². The first-order valence-corrected chi connectivity index (χ1v) is 6.53. The van der Waals surface area contributed by atoms with E-state index in [1.165, 1.54) is 0 Å². The molecule has 2 aromatic rings. The zero-order valence-electron chi connectivity index (χ0n) is 11.1. The van der Waals surface area contributed by atoms with Crippen LogP contribution in [0.3, 0.4) is 0 Å². The standard InChI is InChI=1S/C15H17NO3/c1-3-15(18)8-16(9-15)14(17)13-7-11-6-10(2)4-5-12(11)19-13/h4-7,18H,3,8-9H2,1-2H3. The van der Waals surface area contributed by atoms with Crippen LogP contribution in [0, 0.1) is 6.92 Å². The second-order valence-corrected chi connectivity index (χ2v) is 5.39. The number of likely N-dealkylation sites (tertiary alicyclic amines) is 1. The van der Waals surface area contributed by atoms with Crippen LogP contribution < -0.4 is 0 Å². The maximum Gasteiger partial charge on any atom is 0.289 e. The van der Waals surface area contributed by atoms with Gasteiger partial charge >= 0.3 is 0 Å². The van der Waals surface area contributed by atoms with Crippen LogP contribution >= 0.6 is 0 Å². The molecule has 0 bridgehead atoms. The van der Waals surface area contributed by atoms with Gasteiger partial charge in [0, 0.05) is 5.39 Å². The molecule has 4 heteroatoms. The number of benzene rings is 1. The molecule has 1 aromatic carbocycles. The van der Waals surface area contributed by atoms with E-state index in [9.17, 15) is 9.90 Å². The molecular formula is C15H17NO3. The summed E-state index contributed by atoms with van der Waals surface area (Å²) in [6, 6.07) is 7.60. The molecule has 0 aliphatic carbocycles. The smallest absolute Gasteiger partial charge is 0.289 e. The Labute approximate surface area is 111 Å². The Kier molecular flexibility index (Phi) is 2.64. The third-order valence-corrected chi connectivity index (χ3v) is 3.80. The number of β-amino-alcohol motifs (C(OH)–C–C–N with tert-alkyl or cyclic N) is 1. The number of nitrogens with zero attached hydrogens (tertiary/aromatic N) is 1. The van der Waals surface area contributed by atoms with Gasteiger partial charge in [0.05, 0.1) is 18.7 Å². The SMILES string of the molecule is CCC1(O)CN(C(=O)c2cc3cc(C)ccc3o2)C1. The van der Waals surface area contributed by atoms with Crippen LogP contribution in [0.25, 0.3) is 11.0 Å². The van der Waals surface area contributed by atoms with Gasteiger partial charge in [-0.15, -0.1) is 0 Å². The monoisotopic (exact) mass is 259 g/mol. The van der Waals surface area contributed by atoms with E-state index >= 15 is 0 Å². The summed E-state index contributed by atoms with van der Waals surface area (Å²) < 4.78 is 5.57. The lowest BCUT2D eigenvalue weighted by Crippen LogP contribution is -2.63. The van der Waals surface area contributed by atoms with Gasteiger partial charge in [-0.2, -0.15) is 0 Å². The largest absolute Gasteiger partial charge is 0.451 e. The highest BCUT2D eigenvalue weighted by Crippen LogP contribution is 2.28. The molecule has 0 radical (unpaired) electrons. The quantitative estimate of drug-likeness (QED) is 0.900. The van der Waals surface area contributed by atoms with Crippen LogP contribution in [0.2, 0.25) is 0 Å². The molecule has 1 aliphatic rings. The second-order valence-electron chi connectivity index (χ2n) is 5.39. The Morgan fingerprint density at radius 1 is 1.42 bits per heavy atom. The number of carbonyl (C=O) groups is 1. The highest BCUT2D eigenvalue weighted by molar-refractivity contribution is 5.96. The van der Waals surface area contributed by atoms with E-state index in [-0.39, 0.29) is 5.91 Å². The average molecular weight is 259 g/mol. The lowest BCUT2D eigenvalue weighted by Gasteiger charge is -2.45. The molecule has 1 saturated heterocycles. The number of furan rings is 1. The predicted molar refractivity (Wildman–Crippen MR) is 72.1 cm³/mol. The van der Waals surface area contributed by atoms with Crippen LogP contribution in [0.4, 0.5) is 0 Å². The number of aryl methyl sites for hydroxylation is 1. The van der Waals surface area contributed by atoms with Gasteiger partial charge in [0.2, 0.25) is 0 Å². The lowest BCUT2D eigenvalue weighted by atomic mass is 9.91. The summed E-state index contributed by atoms with van der Waals surface area (Å²) in [7, 11) is 0. The Morgan fingerprint density at radius 2 is 2.16 bits per heavy atom. The number of carbonyl (C=O) groups excluding carboxylic acids is 1. The fourth-order valence-electron chi connectivity index (χ4n) is 2.46. The van der Waals surface area contributed by atoms with E-state index < -0.39 is 5.60 Å². The minimum atomic E-state index is -0.710. The van der Waals surface area contributed by atoms with E-state index in [1.54, 1.807) is 11.0 Å². The highest BCUT2D eigenvalue weighted by Gasteiger charge is 2.42. The van der Waals surface area contributed by atoms with Gasteiger partial charge in [0.15, 0.2) is 5.76 Å². The molecule has 1 N–H and O–H groups in total. The molecular weight excluding hydrogens is 242 g/mol. The Morgan fingerprint density at radius 3 is 2.84 bits per heavy atom. The number of amides is 1. The van der Waals surface area contributed by atoms with Crippen LogP contribution in [0.15, 0.2) is 28.7 Å². The fourth-order valence-corrected chi connectivity index (χ4v) is 2.46. The molecule has 1 amide bonds. The molecule has 0 spiro atoms. The van der Waals surface area contributed by atoms with Crippen molar-refractivity contribution >= 4 is 16.9 Å².